The summed E-state index contributed by atoms with van der Waals surface area (Å²) in [4.78, 5) is 25.9. The Morgan fingerprint density at radius 1 is 1.29 bits per heavy atom. The van der Waals surface area contributed by atoms with Gasteiger partial charge in [-0.15, -0.1) is 11.8 Å². The van der Waals surface area contributed by atoms with Crippen LogP contribution >= 0.6 is 23.4 Å². The van der Waals surface area contributed by atoms with Gasteiger partial charge in [0, 0.05) is 15.6 Å². The van der Waals surface area contributed by atoms with Crippen LogP contribution in [0.1, 0.15) is 12.5 Å². The standard InChI is InChI=1S/C18H17ClN2O2S/c1-10-7-8-12(19)9-14(10)21-17(22)11(2)16-18(23)20-13-5-3-4-6-15(13)24-16/h3-9,11,16H,1-2H3,(H,20,23)(H,21,22). The van der Waals surface area contributed by atoms with Gasteiger partial charge in [-0.1, -0.05) is 36.7 Å². The number of hydrogen-bond donors (Lipinski definition) is 2. The van der Waals surface area contributed by atoms with Gasteiger partial charge in [-0.05, 0) is 36.8 Å². The smallest absolute Gasteiger partial charge is 0.238 e. The summed E-state index contributed by atoms with van der Waals surface area (Å²) in [5.74, 6) is -0.835. The Labute approximate surface area is 150 Å². The molecular formula is C18H17ClN2O2S. The third-order valence-corrected chi connectivity index (χ3v) is 5.70. The number of nitrogens with one attached hydrogen (secondary N) is 2. The lowest BCUT2D eigenvalue weighted by molar-refractivity contribution is -0.123. The molecule has 6 heteroatoms. The van der Waals surface area contributed by atoms with Crippen molar-refractivity contribution >= 4 is 46.6 Å². The van der Waals surface area contributed by atoms with E-state index in [2.05, 4.69) is 10.6 Å². The largest absolute Gasteiger partial charge is 0.326 e. The molecule has 4 nitrogen and oxygen atoms in total. The second kappa shape index (κ2) is 6.87. The summed E-state index contributed by atoms with van der Waals surface area (Å²) >= 11 is 7.41. The van der Waals surface area contributed by atoms with Crippen molar-refractivity contribution in [1.29, 1.82) is 0 Å². The average molecular weight is 361 g/mol. The van der Waals surface area contributed by atoms with Crippen molar-refractivity contribution in [3.05, 3.63) is 53.1 Å². The van der Waals surface area contributed by atoms with E-state index in [1.165, 1.54) is 11.8 Å². The number of benzene rings is 2. The van der Waals surface area contributed by atoms with E-state index < -0.39 is 11.2 Å². The van der Waals surface area contributed by atoms with E-state index >= 15 is 0 Å². The Bertz CT molecular complexity index is 809. The lowest BCUT2D eigenvalue weighted by Crippen LogP contribution is -2.39. The molecular weight excluding hydrogens is 344 g/mol. The molecule has 2 atom stereocenters. The van der Waals surface area contributed by atoms with Gasteiger partial charge in [0.05, 0.1) is 16.9 Å². The maximum atomic E-state index is 12.6. The van der Waals surface area contributed by atoms with Crippen molar-refractivity contribution < 1.29 is 9.59 Å². The number of para-hydroxylation sites is 1. The van der Waals surface area contributed by atoms with E-state index in [1.807, 2.05) is 37.3 Å². The number of amides is 2. The van der Waals surface area contributed by atoms with Crippen LogP contribution in [0.15, 0.2) is 47.4 Å². The number of hydrogen-bond acceptors (Lipinski definition) is 3. The molecule has 0 saturated carbocycles. The zero-order valence-electron chi connectivity index (χ0n) is 13.3. The Morgan fingerprint density at radius 3 is 2.83 bits per heavy atom. The van der Waals surface area contributed by atoms with Crippen molar-refractivity contribution in [3.63, 3.8) is 0 Å². The minimum Gasteiger partial charge on any atom is -0.326 e. The van der Waals surface area contributed by atoms with E-state index in [4.69, 9.17) is 11.6 Å². The molecule has 1 aliphatic rings. The number of thioether (sulfide) groups is 1. The number of rotatable bonds is 3. The molecule has 3 rings (SSSR count). The van der Waals surface area contributed by atoms with Gasteiger partial charge in [0.2, 0.25) is 11.8 Å². The maximum Gasteiger partial charge on any atom is 0.238 e. The number of halogens is 1. The summed E-state index contributed by atoms with van der Waals surface area (Å²) in [7, 11) is 0. The molecule has 2 unspecified atom stereocenters. The molecule has 1 heterocycles. The third kappa shape index (κ3) is 3.42. The first-order valence-electron chi connectivity index (χ1n) is 7.59. The van der Waals surface area contributed by atoms with Gasteiger partial charge in [-0.2, -0.15) is 0 Å². The fraction of sp³-hybridized carbons (Fsp3) is 0.222. The van der Waals surface area contributed by atoms with Crippen LogP contribution in [-0.2, 0) is 9.59 Å². The van der Waals surface area contributed by atoms with Gasteiger partial charge in [0.1, 0.15) is 0 Å². The SMILES string of the molecule is Cc1ccc(Cl)cc1NC(=O)C(C)C1Sc2ccccc2NC1=O. The zero-order valence-corrected chi connectivity index (χ0v) is 14.9. The fourth-order valence-corrected chi connectivity index (χ4v) is 3.85. The summed E-state index contributed by atoms with van der Waals surface area (Å²) in [6.07, 6.45) is 0. The number of carbonyl (C=O) groups is 2. The molecule has 0 fully saturated rings. The molecule has 124 valence electrons. The third-order valence-electron chi connectivity index (χ3n) is 3.98. The van der Waals surface area contributed by atoms with Crippen LogP contribution in [-0.4, -0.2) is 17.1 Å². The predicted octanol–water partition coefficient (Wildman–Crippen LogP) is 4.34. The van der Waals surface area contributed by atoms with Crippen molar-refractivity contribution in [2.75, 3.05) is 10.6 Å². The molecule has 0 radical (unpaired) electrons. The molecule has 0 saturated heterocycles. The molecule has 0 aliphatic carbocycles. The quantitative estimate of drug-likeness (QED) is 0.856. The Kier molecular flexibility index (Phi) is 4.83. The van der Waals surface area contributed by atoms with Crippen LogP contribution < -0.4 is 10.6 Å². The average Bonchev–Trinajstić information content (AvgIpc) is 2.56. The number of aryl methyl sites for hydroxylation is 1. The van der Waals surface area contributed by atoms with Crippen LogP contribution in [0.4, 0.5) is 11.4 Å². The highest BCUT2D eigenvalue weighted by atomic mass is 35.5. The highest BCUT2D eigenvalue weighted by molar-refractivity contribution is 8.01. The van der Waals surface area contributed by atoms with Crippen LogP contribution in [0.2, 0.25) is 5.02 Å². The van der Waals surface area contributed by atoms with E-state index in [0.29, 0.717) is 10.7 Å². The van der Waals surface area contributed by atoms with Gasteiger partial charge in [-0.25, -0.2) is 0 Å². The van der Waals surface area contributed by atoms with Gasteiger partial charge >= 0.3 is 0 Å². The summed E-state index contributed by atoms with van der Waals surface area (Å²) in [5.41, 5.74) is 2.38. The van der Waals surface area contributed by atoms with Crippen molar-refractivity contribution in [3.8, 4) is 0 Å². The van der Waals surface area contributed by atoms with Crippen LogP contribution in [0, 0.1) is 12.8 Å². The normalized spacial score (nSPS) is 17.6. The first-order chi connectivity index (χ1) is 11.5. The summed E-state index contributed by atoms with van der Waals surface area (Å²) in [5, 5.41) is 5.83. The maximum absolute atomic E-state index is 12.6. The van der Waals surface area contributed by atoms with E-state index in [9.17, 15) is 9.59 Å². The van der Waals surface area contributed by atoms with Crippen molar-refractivity contribution in [1.82, 2.24) is 0 Å². The van der Waals surface area contributed by atoms with Gasteiger partial charge < -0.3 is 10.6 Å². The molecule has 2 N–H and O–H groups in total. The summed E-state index contributed by atoms with van der Waals surface area (Å²) in [6.45, 7) is 3.66. The van der Waals surface area contributed by atoms with Crippen LogP contribution in [0.25, 0.3) is 0 Å². The van der Waals surface area contributed by atoms with E-state index in [-0.39, 0.29) is 11.8 Å². The predicted molar refractivity (Wildman–Crippen MR) is 98.7 cm³/mol. The number of fused-ring (bicyclic) bond motifs is 1. The molecule has 0 spiro atoms. The van der Waals surface area contributed by atoms with Crippen LogP contribution in [0.3, 0.4) is 0 Å². The second-order valence-electron chi connectivity index (χ2n) is 5.76. The molecule has 1 aliphatic heterocycles. The van der Waals surface area contributed by atoms with Crippen LogP contribution in [0.5, 0.6) is 0 Å². The Hall–Kier alpha value is -1.98. The number of carbonyl (C=O) groups excluding carboxylic acids is 2. The highest BCUT2D eigenvalue weighted by Gasteiger charge is 2.35. The minimum atomic E-state index is -0.485. The van der Waals surface area contributed by atoms with Gasteiger partial charge in [0.15, 0.2) is 0 Å². The van der Waals surface area contributed by atoms with Gasteiger partial charge in [0.25, 0.3) is 0 Å². The molecule has 0 aromatic heterocycles. The first-order valence-corrected chi connectivity index (χ1v) is 8.85. The fourth-order valence-electron chi connectivity index (χ4n) is 2.51. The first kappa shape index (κ1) is 16.9. The summed E-state index contributed by atoms with van der Waals surface area (Å²) < 4.78 is 0. The monoisotopic (exact) mass is 360 g/mol. The number of anilines is 2. The topological polar surface area (TPSA) is 58.2 Å². The lowest BCUT2D eigenvalue weighted by Gasteiger charge is -2.27. The molecule has 2 aromatic carbocycles. The lowest BCUT2D eigenvalue weighted by atomic mass is 10.0. The molecule has 2 amide bonds. The summed E-state index contributed by atoms with van der Waals surface area (Å²) in [6, 6.07) is 12.9. The second-order valence-corrected chi connectivity index (χ2v) is 7.38. The highest BCUT2D eigenvalue weighted by Crippen LogP contribution is 2.38. The van der Waals surface area contributed by atoms with E-state index in [0.717, 1.165) is 16.1 Å². The molecule has 2 aromatic rings. The molecule has 0 bridgehead atoms. The molecule has 24 heavy (non-hydrogen) atoms. The van der Waals surface area contributed by atoms with Crippen molar-refractivity contribution in [2.45, 2.75) is 24.0 Å². The van der Waals surface area contributed by atoms with E-state index in [1.54, 1.807) is 19.1 Å². The van der Waals surface area contributed by atoms with Gasteiger partial charge in [-0.3, -0.25) is 9.59 Å². The minimum absolute atomic E-state index is 0.149. The Morgan fingerprint density at radius 2 is 2.04 bits per heavy atom. The zero-order chi connectivity index (χ0) is 17.3. The van der Waals surface area contributed by atoms with Crippen molar-refractivity contribution in [2.24, 2.45) is 5.92 Å². The Balaban J connectivity index is 1.76.